The van der Waals surface area contributed by atoms with Crippen LogP contribution in [0.4, 0.5) is 0 Å². The summed E-state index contributed by atoms with van der Waals surface area (Å²) in [5.41, 5.74) is 0. The lowest BCUT2D eigenvalue weighted by molar-refractivity contribution is -0.104. The van der Waals surface area contributed by atoms with E-state index in [2.05, 4.69) is 19.1 Å². The van der Waals surface area contributed by atoms with E-state index in [1.54, 1.807) is 6.08 Å². The van der Waals surface area contributed by atoms with Crippen LogP contribution in [0.15, 0.2) is 24.3 Å². The summed E-state index contributed by atoms with van der Waals surface area (Å²) < 4.78 is 0. The van der Waals surface area contributed by atoms with Gasteiger partial charge in [-0.2, -0.15) is 0 Å². The Hall–Kier alpha value is -0.850. The van der Waals surface area contributed by atoms with E-state index < -0.39 is 0 Å². The van der Waals surface area contributed by atoms with Crippen LogP contribution in [0.3, 0.4) is 0 Å². The van der Waals surface area contributed by atoms with Gasteiger partial charge in [-0.25, -0.2) is 0 Å². The summed E-state index contributed by atoms with van der Waals surface area (Å²) >= 11 is 0. The van der Waals surface area contributed by atoms with Gasteiger partial charge in [-0.05, 0) is 38.2 Å². The molecule has 1 nitrogen and oxygen atoms in total. The fraction of sp³-hybridized carbons (Fsp3) is 0.615. The zero-order valence-corrected chi connectivity index (χ0v) is 9.24. The first kappa shape index (κ1) is 13.2. The fourth-order valence-electron chi connectivity index (χ4n) is 1.23. The minimum absolute atomic E-state index is 0.838. The van der Waals surface area contributed by atoms with E-state index in [-0.39, 0.29) is 0 Å². The van der Waals surface area contributed by atoms with Gasteiger partial charge in [0.15, 0.2) is 0 Å². The Labute approximate surface area is 87.9 Å². The lowest BCUT2D eigenvalue weighted by Gasteiger charge is -1.92. The van der Waals surface area contributed by atoms with Gasteiger partial charge in [0.25, 0.3) is 0 Å². The number of carbonyl (C=O) groups excluding carboxylic acids is 1. The summed E-state index contributed by atoms with van der Waals surface area (Å²) in [6, 6.07) is 0. The molecule has 0 heterocycles. The molecule has 0 atom stereocenters. The van der Waals surface area contributed by atoms with Crippen molar-refractivity contribution in [3.8, 4) is 0 Å². The molecule has 0 aromatic rings. The van der Waals surface area contributed by atoms with Crippen LogP contribution in [0, 0.1) is 0 Å². The Bertz CT molecular complexity index is 168. The maximum atomic E-state index is 9.94. The van der Waals surface area contributed by atoms with E-state index in [1.807, 2.05) is 6.08 Å². The minimum atomic E-state index is 0.838. The predicted octanol–water partition coefficient (Wildman–Crippen LogP) is 4.05. The van der Waals surface area contributed by atoms with Crippen molar-refractivity contribution < 1.29 is 4.79 Å². The molecule has 0 aliphatic carbocycles. The molecule has 0 spiro atoms. The standard InChI is InChI=1S/C13H22O/c1-2-3-4-5-6-7-8-9-10-11-12-13-14/h5-6,11-13H,2-4,7-10H2,1H3/b6-5+,12-11+. The Morgan fingerprint density at radius 2 is 1.43 bits per heavy atom. The van der Waals surface area contributed by atoms with Crippen molar-refractivity contribution in [3.05, 3.63) is 24.3 Å². The molecule has 0 aromatic heterocycles. The molecule has 0 saturated heterocycles. The van der Waals surface area contributed by atoms with E-state index in [0.29, 0.717) is 0 Å². The van der Waals surface area contributed by atoms with Crippen LogP contribution in [0.25, 0.3) is 0 Å². The van der Waals surface area contributed by atoms with Gasteiger partial charge in [0.1, 0.15) is 6.29 Å². The highest BCUT2D eigenvalue weighted by Crippen LogP contribution is 2.03. The van der Waals surface area contributed by atoms with Crippen molar-refractivity contribution in [2.75, 3.05) is 0 Å². The summed E-state index contributed by atoms with van der Waals surface area (Å²) in [4.78, 5) is 9.94. The maximum absolute atomic E-state index is 9.94. The van der Waals surface area contributed by atoms with Crippen LogP contribution in [0.5, 0.6) is 0 Å². The Morgan fingerprint density at radius 1 is 0.857 bits per heavy atom. The molecule has 14 heavy (non-hydrogen) atoms. The zero-order valence-electron chi connectivity index (χ0n) is 9.24. The topological polar surface area (TPSA) is 17.1 Å². The first-order chi connectivity index (χ1) is 6.91. The number of aldehydes is 1. The predicted molar refractivity (Wildman–Crippen MR) is 62.3 cm³/mol. The maximum Gasteiger partial charge on any atom is 0.142 e. The van der Waals surface area contributed by atoms with Gasteiger partial charge in [-0.1, -0.05) is 38.0 Å². The van der Waals surface area contributed by atoms with Gasteiger partial charge in [-0.15, -0.1) is 0 Å². The molecule has 0 unspecified atom stereocenters. The average Bonchev–Trinajstić information content (AvgIpc) is 2.21. The van der Waals surface area contributed by atoms with Crippen molar-refractivity contribution >= 4 is 6.29 Å². The fourth-order valence-corrected chi connectivity index (χ4v) is 1.23. The third-order valence-electron chi connectivity index (χ3n) is 2.10. The number of hydrogen-bond acceptors (Lipinski definition) is 1. The normalized spacial score (nSPS) is 11.5. The first-order valence-electron chi connectivity index (χ1n) is 5.67. The highest BCUT2D eigenvalue weighted by Gasteiger charge is 1.83. The van der Waals surface area contributed by atoms with Crippen molar-refractivity contribution in [1.29, 1.82) is 0 Å². The Kier molecular flexibility index (Phi) is 11.4. The van der Waals surface area contributed by atoms with E-state index in [4.69, 9.17) is 0 Å². The second-order valence-corrected chi connectivity index (χ2v) is 3.46. The van der Waals surface area contributed by atoms with Gasteiger partial charge in [0.2, 0.25) is 0 Å². The van der Waals surface area contributed by atoms with Crippen molar-refractivity contribution in [2.24, 2.45) is 0 Å². The smallest absolute Gasteiger partial charge is 0.142 e. The Morgan fingerprint density at radius 3 is 2.00 bits per heavy atom. The third kappa shape index (κ3) is 11.2. The minimum Gasteiger partial charge on any atom is -0.299 e. The van der Waals surface area contributed by atoms with Gasteiger partial charge in [0, 0.05) is 0 Å². The summed E-state index contributed by atoms with van der Waals surface area (Å²) in [5, 5.41) is 0. The lowest BCUT2D eigenvalue weighted by atomic mass is 10.1. The molecule has 0 rings (SSSR count). The SMILES string of the molecule is CCCC/C=C/CCCC/C=C/C=O. The number of allylic oxidation sites excluding steroid dienone is 4. The monoisotopic (exact) mass is 194 g/mol. The summed E-state index contributed by atoms with van der Waals surface area (Å²) in [6.45, 7) is 2.22. The van der Waals surface area contributed by atoms with E-state index >= 15 is 0 Å². The molecule has 0 bridgehead atoms. The van der Waals surface area contributed by atoms with Crippen LogP contribution in [-0.2, 0) is 4.79 Å². The van der Waals surface area contributed by atoms with E-state index in [9.17, 15) is 4.79 Å². The van der Waals surface area contributed by atoms with E-state index in [0.717, 1.165) is 12.7 Å². The van der Waals surface area contributed by atoms with Crippen molar-refractivity contribution in [1.82, 2.24) is 0 Å². The molecular weight excluding hydrogens is 172 g/mol. The molecule has 0 N–H and O–H groups in total. The molecule has 0 radical (unpaired) electrons. The van der Waals surface area contributed by atoms with Crippen LogP contribution in [0.2, 0.25) is 0 Å². The van der Waals surface area contributed by atoms with Gasteiger partial charge in [0.05, 0.1) is 0 Å². The highest BCUT2D eigenvalue weighted by atomic mass is 16.1. The van der Waals surface area contributed by atoms with Gasteiger partial charge in [-0.3, -0.25) is 4.79 Å². The first-order valence-corrected chi connectivity index (χ1v) is 5.67. The molecule has 0 aliphatic heterocycles. The lowest BCUT2D eigenvalue weighted by Crippen LogP contribution is -1.73. The number of carbonyl (C=O) groups is 1. The molecular formula is C13H22O. The second kappa shape index (κ2) is 12.2. The van der Waals surface area contributed by atoms with Crippen molar-refractivity contribution in [2.45, 2.75) is 51.9 Å². The molecule has 80 valence electrons. The van der Waals surface area contributed by atoms with Gasteiger partial charge < -0.3 is 0 Å². The quantitative estimate of drug-likeness (QED) is 0.234. The molecule has 0 saturated carbocycles. The van der Waals surface area contributed by atoms with E-state index in [1.165, 1.54) is 38.5 Å². The third-order valence-corrected chi connectivity index (χ3v) is 2.10. The summed E-state index contributed by atoms with van der Waals surface area (Å²) in [6.07, 6.45) is 17.3. The van der Waals surface area contributed by atoms with Crippen molar-refractivity contribution in [3.63, 3.8) is 0 Å². The highest BCUT2D eigenvalue weighted by molar-refractivity contribution is 5.64. The number of rotatable bonds is 9. The van der Waals surface area contributed by atoms with Crippen LogP contribution < -0.4 is 0 Å². The molecule has 0 aliphatic rings. The molecule has 1 heteroatoms. The molecule has 0 fully saturated rings. The summed E-state index contributed by atoms with van der Waals surface area (Å²) in [7, 11) is 0. The van der Waals surface area contributed by atoms with Crippen LogP contribution in [-0.4, -0.2) is 6.29 Å². The average molecular weight is 194 g/mol. The molecule has 0 amide bonds. The molecule has 0 aromatic carbocycles. The number of hydrogen-bond donors (Lipinski definition) is 0. The second-order valence-electron chi connectivity index (χ2n) is 3.46. The van der Waals surface area contributed by atoms with Crippen LogP contribution >= 0.6 is 0 Å². The summed E-state index contributed by atoms with van der Waals surface area (Å²) in [5.74, 6) is 0. The zero-order chi connectivity index (χ0) is 10.5. The van der Waals surface area contributed by atoms with Gasteiger partial charge >= 0.3 is 0 Å². The largest absolute Gasteiger partial charge is 0.299 e. The number of unbranched alkanes of at least 4 members (excludes halogenated alkanes) is 5. The van der Waals surface area contributed by atoms with Crippen LogP contribution in [0.1, 0.15) is 51.9 Å². The Balaban J connectivity index is 3.08.